The summed E-state index contributed by atoms with van der Waals surface area (Å²) >= 11 is 0. The Hall–Kier alpha value is -0.120. The van der Waals surface area contributed by atoms with Crippen molar-refractivity contribution < 1.29 is 4.74 Å². The van der Waals surface area contributed by atoms with Gasteiger partial charge in [-0.25, -0.2) is 0 Å². The quantitative estimate of drug-likeness (QED) is 0.749. The maximum atomic E-state index is 5.61. The molecule has 92 valence electrons. The van der Waals surface area contributed by atoms with Gasteiger partial charge in [-0.15, -0.1) is 0 Å². The molecule has 4 atom stereocenters. The molecule has 3 fully saturated rings. The molecule has 2 aliphatic carbocycles. The molecule has 1 heterocycles. The second-order valence-corrected chi connectivity index (χ2v) is 6.53. The zero-order valence-corrected chi connectivity index (χ0v) is 10.7. The molecule has 0 aromatic heterocycles. The molecule has 0 spiro atoms. The van der Waals surface area contributed by atoms with E-state index in [0.717, 1.165) is 19.1 Å². The van der Waals surface area contributed by atoms with Gasteiger partial charge in [0.05, 0.1) is 6.61 Å². The van der Waals surface area contributed by atoms with Crippen LogP contribution in [0.15, 0.2) is 0 Å². The van der Waals surface area contributed by atoms with Crippen molar-refractivity contribution >= 4 is 0 Å². The molecule has 3 rings (SSSR count). The van der Waals surface area contributed by atoms with Gasteiger partial charge < -0.3 is 4.74 Å². The summed E-state index contributed by atoms with van der Waals surface area (Å²) in [5.41, 5.74) is 0.939. The smallest absolute Gasteiger partial charge is 0.163 e. The highest BCUT2D eigenvalue weighted by atomic mass is 16.5. The third kappa shape index (κ3) is 1.31. The Morgan fingerprint density at radius 2 is 2.12 bits per heavy atom. The van der Waals surface area contributed by atoms with Crippen LogP contribution >= 0.6 is 0 Å². The van der Waals surface area contributed by atoms with Crippen molar-refractivity contribution in [2.75, 3.05) is 13.2 Å². The van der Waals surface area contributed by atoms with Crippen LogP contribution < -0.4 is 10.6 Å². The standard InChI is InChI=1S/C13H24N2O/c1-12(2)9-4-5-13(12,3)10(8-9)15-11-14-6-7-16-11/h9-11,14-15H,4-8H2,1-3H3. The fraction of sp³-hybridized carbons (Fsp3) is 1.00. The van der Waals surface area contributed by atoms with Crippen molar-refractivity contribution in [3.63, 3.8) is 0 Å². The van der Waals surface area contributed by atoms with E-state index in [1.165, 1.54) is 19.3 Å². The van der Waals surface area contributed by atoms with Crippen LogP contribution in [0.5, 0.6) is 0 Å². The van der Waals surface area contributed by atoms with Crippen molar-refractivity contribution in [2.24, 2.45) is 16.7 Å². The normalized spacial score (nSPS) is 50.1. The zero-order valence-electron chi connectivity index (χ0n) is 10.7. The van der Waals surface area contributed by atoms with Crippen LogP contribution in [0.3, 0.4) is 0 Å². The second-order valence-electron chi connectivity index (χ2n) is 6.53. The minimum atomic E-state index is 0.0944. The lowest BCUT2D eigenvalue weighted by molar-refractivity contribution is 0.0307. The monoisotopic (exact) mass is 224 g/mol. The van der Waals surface area contributed by atoms with Crippen molar-refractivity contribution in [1.82, 2.24) is 10.6 Å². The van der Waals surface area contributed by atoms with Crippen LogP contribution in [0.2, 0.25) is 0 Å². The molecule has 3 nitrogen and oxygen atoms in total. The van der Waals surface area contributed by atoms with Crippen LogP contribution in [-0.4, -0.2) is 25.5 Å². The van der Waals surface area contributed by atoms with Crippen molar-refractivity contribution in [3.8, 4) is 0 Å². The highest BCUT2D eigenvalue weighted by Gasteiger charge is 2.61. The van der Waals surface area contributed by atoms with E-state index in [-0.39, 0.29) is 6.35 Å². The third-order valence-electron chi connectivity index (χ3n) is 5.86. The summed E-state index contributed by atoms with van der Waals surface area (Å²) in [6.45, 7) is 9.19. The van der Waals surface area contributed by atoms with E-state index in [2.05, 4.69) is 31.4 Å². The topological polar surface area (TPSA) is 33.3 Å². The first-order chi connectivity index (χ1) is 7.54. The van der Waals surface area contributed by atoms with Crippen LogP contribution in [0.25, 0.3) is 0 Å². The number of hydrogen-bond donors (Lipinski definition) is 2. The molecule has 16 heavy (non-hydrogen) atoms. The van der Waals surface area contributed by atoms with Gasteiger partial charge in [0.1, 0.15) is 0 Å². The Kier molecular flexibility index (Phi) is 2.36. The van der Waals surface area contributed by atoms with E-state index in [9.17, 15) is 0 Å². The van der Waals surface area contributed by atoms with Gasteiger partial charge in [0.25, 0.3) is 0 Å². The lowest BCUT2D eigenvalue weighted by Gasteiger charge is -2.40. The Morgan fingerprint density at radius 3 is 2.62 bits per heavy atom. The summed E-state index contributed by atoms with van der Waals surface area (Å²) in [5, 5.41) is 7.03. The minimum absolute atomic E-state index is 0.0944. The average molecular weight is 224 g/mol. The molecular weight excluding hydrogens is 200 g/mol. The largest absolute Gasteiger partial charge is 0.349 e. The van der Waals surface area contributed by atoms with Crippen molar-refractivity contribution in [1.29, 1.82) is 0 Å². The van der Waals surface area contributed by atoms with E-state index in [0.29, 0.717) is 16.9 Å². The maximum absolute atomic E-state index is 5.61. The molecule has 1 aliphatic heterocycles. The number of hydrogen-bond acceptors (Lipinski definition) is 3. The van der Waals surface area contributed by atoms with Crippen LogP contribution in [0.4, 0.5) is 0 Å². The molecule has 0 amide bonds. The number of fused-ring (bicyclic) bond motifs is 2. The van der Waals surface area contributed by atoms with Crippen molar-refractivity contribution in [2.45, 2.75) is 52.4 Å². The lowest BCUT2D eigenvalue weighted by Crippen LogP contribution is -2.51. The first-order valence-corrected chi connectivity index (χ1v) is 6.65. The van der Waals surface area contributed by atoms with E-state index < -0.39 is 0 Å². The summed E-state index contributed by atoms with van der Waals surface area (Å²) in [5.74, 6) is 0.899. The summed E-state index contributed by atoms with van der Waals surface area (Å²) in [4.78, 5) is 0. The molecular formula is C13H24N2O. The fourth-order valence-electron chi connectivity index (χ4n) is 4.17. The summed E-state index contributed by atoms with van der Waals surface area (Å²) in [6.07, 6.45) is 4.21. The van der Waals surface area contributed by atoms with Crippen molar-refractivity contribution in [3.05, 3.63) is 0 Å². The minimum Gasteiger partial charge on any atom is -0.349 e. The summed E-state index contributed by atoms with van der Waals surface area (Å²) in [6, 6.07) is 0.622. The molecule has 0 aromatic rings. The Morgan fingerprint density at radius 1 is 1.31 bits per heavy atom. The average Bonchev–Trinajstić information content (AvgIpc) is 2.84. The van der Waals surface area contributed by atoms with Crippen LogP contribution in [0.1, 0.15) is 40.0 Å². The highest BCUT2D eigenvalue weighted by Crippen LogP contribution is 2.65. The van der Waals surface area contributed by atoms with Gasteiger partial charge in [0.15, 0.2) is 6.35 Å². The fourth-order valence-corrected chi connectivity index (χ4v) is 4.17. The zero-order chi connectivity index (χ0) is 11.4. The van der Waals surface area contributed by atoms with Crippen LogP contribution in [-0.2, 0) is 4.74 Å². The number of nitrogens with one attached hydrogen (secondary N) is 2. The molecule has 4 unspecified atom stereocenters. The van der Waals surface area contributed by atoms with Gasteiger partial charge >= 0.3 is 0 Å². The Labute approximate surface area is 98.3 Å². The molecule has 0 radical (unpaired) electrons. The lowest BCUT2D eigenvalue weighted by atomic mass is 9.69. The Bertz CT molecular complexity index is 286. The van der Waals surface area contributed by atoms with Gasteiger partial charge in [-0.2, -0.15) is 0 Å². The first kappa shape index (κ1) is 11.0. The predicted octanol–water partition coefficient (Wildman–Crippen LogP) is 1.69. The summed E-state index contributed by atoms with van der Waals surface area (Å²) in [7, 11) is 0. The summed E-state index contributed by atoms with van der Waals surface area (Å²) < 4.78 is 5.61. The number of ether oxygens (including phenoxy) is 1. The van der Waals surface area contributed by atoms with Gasteiger partial charge in [0.2, 0.25) is 0 Å². The van der Waals surface area contributed by atoms with E-state index >= 15 is 0 Å². The first-order valence-electron chi connectivity index (χ1n) is 6.65. The SMILES string of the molecule is CC1(C)C2CCC1(C)C(NC1NCCO1)C2. The second kappa shape index (κ2) is 3.44. The molecule has 2 N–H and O–H groups in total. The highest BCUT2D eigenvalue weighted by molar-refractivity contribution is 5.13. The van der Waals surface area contributed by atoms with Gasteiger partial charge in [-0.1, -0.05) is 20.8 Å². The Balaban J connectivity index is 1.74. The predicted molar refractivity (Wildman–Crippen MR) is 63.9 cm³/mol. The molecule has 0 aromatic carbocycles. The molecule has 3 heteroatoms. The maximum Gasteiger partial charge on any atom is 0.163 e. The molecule has 3 aliphatic rings. The van der Waals surface area contributed by atoms with Gasteiger partial charge in [-0.3, -0.25) is 10.6 Å². The number of rotatable bonds is 2. The van der Waals surface area contributed by atoms with Gasteiger partial charge in [-0.05, 0) is 36.0 Å². The van der Waals surface area contributed by atoms with Crippen LogP contribution in [0, 0.1) is 16.7 Å². The molecule has 2 saturated carbocycles. The van der Waals surface area contributed by atoms with Gasteiger partial charge in [0, 0.05) is 12.6 Å². The van der Waals surface area contributed by atoms with E-state index in [1.54, 1.807) is 0 Å². The van der Waals surface area contributed by atoms with E-state index in [4.69, 9.17) is 4.74 Å². The molecule has 2 bridgehead atoms. The molecule has 1 saturated heterocycles. The van der Waals surface area contributed by atoms with E-state index in [1.807, 2.05) is 0 Å². The third-order valence-corrected chi connectivity index (χ3v) is 5.86.